The molecule has 0 heterocycles. The normalized spacial score (nSPS) is 10.6. The number of hydrogen-bond donors (Lipinski definition) is 1. The van der Waals surface area contributed by atoms with E-state index in [2.05, 4.69) is 26.5 Å². The number of nitrogens with one attached hydrogen (secondary N) is 1. The highest BCUT2D eigenvalue weighted by atomic mass is 79.9. The zero-order valence-electron chi connectivity index (χ0n) is 11.1. The van der Waals surface area contributed by atoms with E-state index in [1.807, 2.05) is 6.07 Å². The number of carbonyl (C=O) groups excluding carboxylic acids is 1. The van der Waals surface area contributed by atoms with Crippen LogP contribution in [0.5, 0.6) is 5.75 Å². The second-order valence-corrected chi connectivity index (χ2v) is 5.01. The average molecular weight is 351 g/mol. The van der Waals surface area contributed by atoms with E-state index in [4.69, 9.17) is 4.74 Å². The van der Waals surface area contributed by atoms with Crippen LogP contribution in [0.4, 0.5) is 4.39 Å². The van der Waals surface area contributed by atoms with Crippen molar-refractivity contribution in [3.8, 4) is 5.75 Å². The summed E-state index contributed by atoms with van der Waals surface area (Å²) >= 11 is 3.34. The fourth-order valence-corrected chi connectivity index (χ4v) is 2.04. The molecule has 2 aromatic carbocycles. The minimum Gasteiger partial charge on any atom is -0.496 e. The Balaban J connectivity index is 2.09. The van der Waals surface area contributed by atoms with Crippen molar-refractivity contribution in [2.45, 2.75) is 0 Å². The van der Waals surface area contributed by atoms with Crippen LogP contribution < -0.4 is 10.2 Å². The SMILES string of the molecule is COc1ccc(Br)cc1C=NNC(=O)c1cccc(F)c1. The summed E-state index contributed by atoms with van der Waals surface area (Å²) in [5.74, 6) is -0.332. The summed E-state index contributed by atoms with van der Waals surface area (Å²) in [6, 6.07) is 10.8. The number of methoxy groups -OCH3 is 1. The van der Waals surface area contributed by atoms with Crippen LogP contribution >= 0.6 is 15.9 Å². The number of hydrazone groups is 1. The maximum absolute atomic E-state index is 13.0. The number of rotatable bonds is 4. The molecule has 21 heavy (non-hydrogen) atoms. The quantitative estimate of drug-likeness (QED) is 0.678. The van der Waals surface area contributed by atoms with Gasteiger partial charge in [0.25, 0.3) is 5.91 Å². The monoisotopic (exact) mass is 350 g/mol. The number of halogens is 2. The molecule has 0 aliphatic carbocycles. The highest BCUT2D eigenvalue weighted by molar-refractivity contribution is 9.10. The van der Waals surface area contributed by atoms with Crippen LogP contribution in [0.25, 0.3) is 0 Å². The van der Waals surface area contributed by atoms with Crippen LogP contribution in [0.1, 0.15) is 15.9 Å². The molecule has 0 saturated heterocycles. The summed E-state index contributed by atoms with van der Waals surface area (Å²) < 4.78 is 19.1. The molecule has 0 fully saturated rings. The molecule has 0 spiro atoms. The summed E-state index contributed by atoms with van der Waals surface area (Å²) in [5.41, 5.74) is 3.24. The van der Waals surface area contributed by atoms with E-state index in [0.29, 0.717) is 11.3 Å². The van der Waals surface area contributed by atoms with E-state index in [1.165, 1.54) is 24.4 Å². The standard InChI is InChI=1S/C15H12BrFN2O2/c1-21-14-6-5-12(16)7-11(14)9-18-19-15(20)10-3-2-4-13(17)8-10/h2-9H,1H3,(H,19,20). The summed E-state index contributed by atoms with van der Waals surface area (Å²) in [6.45, 7) is 0. The summed E-state index contributed by atoms with van der Waals surface area (Å²) in [4.78, 5) is 11.8. The van der Waals surface area contributed by atoms with E-state index in [1.54, 1.807) is 19.2 Å². The van der Waals surface area contributed by atoms with Gasteiger partial charge in [-0.2, -0.15) is 5.10 Å². The van der Waals surface area contributed by atoms with Crippen molar-refractivity contribution in [2.24, 2.45) is 5.10 Å². The molecule has 108 valence electrons. The number of nitrogens with zero attached hydrogens (tertiary/aromatic N) is 1. The summed E-state index contributed by atoms with van der Waals surface area (Å²) in [7, 11) is 1.55. The third-order valence-electron chi connectivity index (χ3n) is 2.65. The Morgan fingerprint density at radius 3 is 2.86 bits per heavy atom. The number of amides is 1. The van der Waals surface area contributed by atoms with Crippen molar-refractivity contribution in [1.82, 2.24) is 5.43 Å². The largest absolute Gasteiger partial charge is 0.496 e. The van der Waals surface area contributed by atoms with Gasteiger partial charge in [0.2, 0.25) is 0 Å². The fourth-order valence-electron chi connectivity index (χ4n) is 1.66. The molecule has 6 heteroatoms. The van der Waals surface area contributed by atoms with Crippen LogP contribution in [0.15, 0.2) is 52.0 Å². The van der Waals surface area contributed by atoms with E-state index >= 15 is 0 Å². The number of benzene rings is 2. The maximum atomic E-state index is 13.0. The molecule has 1 amide bonds. The Hall–Kier alpha value is -2.21. The minimum atomic E-state index is -0.486. The van der Waals surface area contributed by atoms with Gasteiger partial charge in [0.15, 0.2) is 0 Å². The van der Waals surface area contributed by atoms with Crippen LogP contribution in [0, 0.1) is 5.82 Å². The predicted molar refractivity (Wildman–Crippen MR) is 82.2 cm³/mol. The van der Waals surface area contributed by atoms with Crippen LogP contribution in [-0.4, -0.2) is 19.2 Å². The van der Waals surface area contributed by atoms with Gasteiger partial charge in [-0.1, -0.05) is 22.0 Å². The molecule has 0 unspecified atom stereocenters. The van der Waals surface area contributed by atoms with Gasteiger partial charge >= 0.3 is 0 Å². The molecule has 0 atom stereocenters. The van der Waals surface area contributed by atoms with Crippen molar-refractivity contribution < 1.29 is 13.9 Å². The van der Waals surface area contributed by atoms with Crippen molar-refractivity contribution >= 4 is 28.1 Å². The van der Waals surface area contributed by atoms with Crippen LogP contribution in [-0.2, 0) is 0 Å². The van der Waals surface area contributed by atoms with Gasteiger partial charge in [-0.3, -0.25) is 4.79 Å². The van der Waals surface area contributed by atoms with Gasteiger partial charge in [-0.05, 0) is 36.4 Å². The minimum absolute atomic E-state index is 0.202. The fraction of sp³-hybridized carbons (Fsp3) is 0.0667. The molecule has 0 radical (unpaired) electrons. The molecule has 2 aromatic rings. The summed E-state index contributed by atoms with van der Waals surface area (Å²) in [6.07, 6.45) is 1.46. The Kier molecular flexibility index (Phi) is 5.05. The number of carbonyl (C=O) groups is 1. The molecule has 4 nitrogen and oxygen atoms in total. The van der Waals surface area contributed by atoms with Crippen LogP contribution in [0.3, 0.4) is 0 Å². The van der Waals surface area contributed by atoms with Gasteiger partial charge in [0.1, 0.15) is 11.6 Å². The van der Waals surface area contributed by atoms with Gasteiger partial charge in [-0.15, -0.1) is 0 Å². The van der Waals surface area contributed by atoms with E-state index in [-0.39, 0.29) is 5.56 Å². The zero-order chi connectivity index (χ0) is 15.2. The van der Waals surface area contributed by atoms with Gasteiger partial charge < -0.3 is 4.74 Å². The van der Waals surface area contributed by atoms with Gasteiger partial charge in [-0.25, -0.2) is 9.82 Å². The van der Waals surface area contributed by atoms with Crippen molar-refractivity contribution in [3.63, 3.8) is 0 Å². The third-order valence-corrected chi connectivity index (χ3v) is 3.14. The first-order chi connectivity index (χ1) is 10.1. The van der Waals surface area contributed by atoms with E-state index in [9.17, 15) is 9.18 Å². The third kappa shape index (κ3) is 4.13. The van der Waals surface area contributed by atoms with E-state index < -0.39 is 11.7 Å². The Bertz CT molecular complexity index is 689. The molecule has 1 N–H and O–H groups in total. The molecule has 0 aliphatic rings. The molecular weight excluding hydrogens is 339 g/mol. The maximum Gasteiger partial charge on any atom is 0.271 e. The molecule has 0 bridgehead atoms. The van der Waals surface area contributed by atoms with Crippen molar-refractivity contribution in [3.05, 3.63) is 63.9 Å². The predicted octanol–water partition coefficient (Wildman–Crippen LogP) is 3.36. The first-order valence-corrected chi connectivity index (χ1v) is 6.82. The lowest BCUT2D eigenvalue weighted by molar-refractivity contribution is 0.0954. The molecule has 2 rings (SSSR count). The van der Waals surface area contributed by atoms with Gasteiger partial charge in [0, 0.05) is 15.6 Å². The average Bonchev–Trinajstić information content (AvgIpc) is 2.47. The lowest BCUT2D eigenvalue weighted by atomic mass is 10.2. The molecule has 0 saturated carbocycles. The number of ether oxygens (including phenoxy) is 1. The molecule has 0 aliphatic heterocycles. The highest BCUT2D eigenvalue weighted by Crippen LogP contribution is 2.21. The first kappa shape index (κ1) is 15.2. The Labute approximate surface area is 129 Å². The van der Waals surface area contributed by atoms with Gasteiger partial charge in [0.05, 0.1) is 13.3 Å². The summed E-state index contributed by atoms with van der Waals surface area (Å²) in [5, 5.41) is 3.85. The smallest absolute Gasteiger partial charge is 0.271 e. The highest BCUT2D eigenvalue weighted by Gasteiger charge is 2.05. The molecular formula is C15H12BrFN2O2. The Morgan fingerprint density at radius 1 is 1.33 bits per heavy atom. The first-order valence-electron chi connectivity index (χ1n) is 6.02. The van der Waals surface area contributed by atoms with E-state index in [0.717, 1.165) is 10.5 Å². The second-order valence-electron chi connectivity index (χ2n) is 4.10. The number of hydrogen-bond acceptors (Lipinski definition) is 3. The lowest BCUT2D eigenvalue weighted by Crippen LogP contribution is -2.17. The Morgan fingerprint density at radius 2 is 2.14 bits per heavy atom. The molecule has 0 aromatic heterocycles. The van der Waals surface area contributed by atoms with Crippen LogP contribution in [0.2, 0.25) is 0 Å². The lowest BCUT2D eigenvalue weighted by Gasteiger charge is -2.04. The van der Waals surface area contributed by atoms with Crippen molar-refractivity contribution in [2.75, 3.05) is 7.11 Å². The topological polar surface area (TPSA) is 50.7 Å². The zero-order valence-corrected chi connectivity index (χ0v) is 12.7. The second kappa shape index (κ2) is 6.99. The van der Waals surface area contributed by atoms with Crippen molar-refractivity contribution in [1.29, 1.82) is 0 Å².